The van der Waals surface area contributed by atoms with Crippen LogP contribution in [-0.4, -0.2) is 56.3 Å². The second kappa shape index (κ2) is 8.02. The standard InChI is InChI=1S/C23H21BN5O5S/c25-21-18-22(27-11-26-21)29(12-28-18)23-20-19(17(9-30)32-23)33-24(34-20)16-8-15(7-6-13(16)10-31-24)35-14-4-2-1-3-5-14/h1-8,11-12,17,19-20,23,30H,9-10H2,(H2,25,26,27)/q-1/t17-,19?,20?,23-,24?/m1/s1. The van der Waals surface area contributed by atoms with Crippen LogP contribution in [0.5, 0.6) is 0 Å². The van der Waals surface area contributed by atoms with Crippen molar-refractivity contribution in [3.05, 3.63) is 66.7 Å². The van der Waals surface area contributed by atoms with Gasteiger partial charge in [0.2, 0.25) is 0 Å². The number of hydrogen-bond acceptors (Lipinski definition) is 10. The Hall–Kier alpha value is -3.00. The van der Waals surface area contributed by atoms with Crippen molar-refractivity contribution in [2.45, 2.75) is 40.9 Å². The van der Waals surface area contributed by atoms with Crippen molar-refractivity contribution in [3.8, 4) is 0 Å². The predicted octanol–water partition coefficient (Wildman–Crippen LogP) is 1.61. The van der Waals surface area contributed by atoms with Gasteiger partial charge >= 0.3 is 6.75 Å². The Kier molecular flexibility index (Phi) is 4.88. The number of imidazole rings is 1. The highest BCUT2D eigenvalue weighted by Crippen LogP contribution is 2.44. The minimum atomic E-state index is -2.21. The molecule has 3 unspecified atom stereocenters. The van der Waals surface area contributed by atoms with Crippen molar-refractivity contribution in [1.82, 2.24) is 19.5 Å². The third-order valence-corrected chi connectivity index (χ3v) is 7.73. The van der Waals surface area contributed by atoms with E-state index in [0.29, 0.717) is 17.8 Å². The summed E-state index contributed by atoms with van der Waals surface area (Å²) in [6.07, 6.45) is 0.669. The van der Waals surface area contributed by atoms with Gasteiger partial charge in [0.25, 0.3) is 0 Å². The molecule has 3 N–H and O–H groups in total. The van der Waals surface area contributed by atoms with Gasteiger partial charge in [0.05, 0.1) is 25.1 Å². The number of nitrogens with two attached hydrogens (primary N) is 1. The summed E-state index contributed by atoms with van der Waals surface area (Å²) >= 11 is 1.66. The van der Waals surface area contributed by atoms with E-state index in [1.165, 1.54) is 6.33 Å². The molecule has 35 heavy (non-hydrogen) atoms. The van der Waals surface area contributed by atoms with E-state index in [1.54, 1.807) is 22.7 Å². The number of anilines is 1. The van der Waals surface area contributed by atoms with Gasteiger partial charge < -0.3 is 29.5 Å². The smallest absolute Gasteiger partial charge is 0.410 e. The Bertz CT molecular complexity index is 1420. The fourth-order valence-corrected chi connectivity index (χ4v) is 6.01. The van der Waals surface area contributed by atoms with Crippen LogP contribution in [0.2, 0.25) is 0 Å². The van der Waals surface area contributed by atoms with Crippen LogP contribution in [0.3, 0.4) is 0 Å². The quantitative estimate of drug-likeness (QED) is 0.408. The van der Waals surface area contributed by atoms with Crippen molar-refractivity contribution in [1.29, 1.82) is 0 Å². The molecular formula is C23H21BN5O5S-. The molecule has 2 aromatic carbocycles. The molecule has 1 spiro atoms. The number of ether oxygens (including phenoxy) is 1. The minimum absolute atomic E-state index is 0.228. The molecule has 12 heteroatoms. The molecule has 0 aliphatic carbocycles. The summed E-state index contributed by atoms with van der Waals surface area (Å²) in [5, 5.41) is 10.1. The molecule has 0 saturated carbocycles. The van der Waals surface area contributed by atoms with E-state index >= 15 is 0 Å². The SMILES string of the molecule is Nc1ncnc2c1ncn2[C@@H]1O[C@H](CO)C2O[B-]3(OCc4ccc(Sc5ccccc5)cc43)OC21. The van der Waals surface area contributed by atoms with Crippen molar-refractivity contribution in [2.75, 3.05) is 12.3 Å². The summed E-state index contributed by atoms with van der Waals surface area (Å²) in [4.78, 5) is 14.9. The van der Waals surface area contributed by atoms with Gasteiger partial charge in [0.15, 0.2) is 17.7 Å². The molecule has 2 fully saturated rings. The Morgan fingerprint density at radius 2 is 1.91 bits per heavy atom. The molecule has 5 heterocycles. The lowest BCUT2D eigenvalue weighted by atomic mass is 9.70. The van der Waals surface area contributed by atoms with Crippen LogP contribution in [0.4, 0.5) is 5.82 Å². The minimum Gasteiger partial charge on any atom is -0.537 e. The third kappa shape index (κ3) is 3.29. The molecule has 0 amide bonds. The zero-order chi connectivity index (χ0) is 23.6. The first-order valence-corrected chi connectivity index (χ1v) is 12.2. The molecule has 0 bridgehead atoms. The molecule has 3 aliphatic rings. The number of hydrogen-bond donors (Lipinski definition) is 2. The molecule has 0 radical (unpaired) electrons. The Balaban J connectivity index is 1.24. The van der Waals surface area contributed by atoms with Crippen LogP contribution in [0.25, 0.3) is 11.2 Å². The number of aliphatic hydroxyl groups excluding tert-OH is 1. The first kappa shape index (κ1) is 21.3. The highest BCUT2D eigenvalue weighted by atomic mass is 32.2. The Morgan fingerprint density at radius 3 is 2.77 bits per heavy atom. The second-order valence-corrected chi connectivity index (χ2v) is 9.91. The van der Waals surface area contributed by atoms with Gasteiger partial charge in [-0.1, -0.05) is 47.7 Å². The van der Waals surface area contributed by atoms with Gasteiger partial charge in [-0.2, -0.15) is 0 Å². The number of aliphatic hydroxyl groups is 1. The molecule has 178 valence electrons. The Labute approximate surface area is 204 Å². The zero-order valence-electron chi connectivity index (χ0n) is 18.4. The third-order valence-electron chi connectivity index (χ3n) is 6.73. The number of fused-ring (bicyclic) bond motifs is 4. The number of rotatable bonds is 4. The maximum Gasteiger partial charge on any atom is 0.410 e. The molecule has 5 atom stereocenters. The zero-order valence-corrected chi connectivity index (χ0v) is 19.2. The lowest BCUT2D eigenvalue weighted by Crippen LogP contribution is -2.51. The molecule has 2 aromatic heterocycles. The fraction of sp³-hybridized carbons (Fsp3) is 0.261. The van der Waals surface area contributed by atoms with Crippen LogP contribution in [0, 0.1) is 0 Å². The maximum atomic E-state index is 10.1. The summed E-state index contributed by atoms with van der Waals surface area (Å²) in [5.74, 6) is 0.280. The van der Waals surface area contributed by atoms with Crippen molar-refractivity contribution in [3.63, 3.8) is 0 Å². The summed E-state index contributed by atoms with van der Waals surface area (Å²) in [6.45, 7) is -2.05. The number of aromatic nitrogens is 4. The van der Waals surface area contributed by atoms with E-state index in [2.05, 4.69) is 45.3 Å². The highest BCUT2D eigenvalue weighted by molar-refractivity contribution is 7.99. The van der Waals surface area contributed by atoms with Crippen LogP contribution < -0.4 is 11.2 Å². The summed E-state index contributed by atoms with van der Waals surface area (Å²) in [5.41, 5.74) is 8.87. The maximum absolute atomic E-state index is 10.1. The predicted molar refractivity (Wildman–Crippen MR) is 128 cm³/mol. The van der Waals surface area contributed by atoms with Crippen LogP contribution in [-0.2, 0) is 25.3 Å². The largest absolute Gasteiger partial charge is 0.537 e. The van der Waals surface area contributed by atoms with E-state index in [4.69, 9.17) is 24.4 Å². The van der Waals surface area contributed by atoms with Gasteiger partial charge in [0.1, 0.15) is 17.9 Å². The van der Waals surface area contributed by atoms with Gasteiger partial charge in [0, 0.05) is 16.4 Å². The molecule has 2 saturated heterocycles. The molecule has 4 aromatic rings. The van der Waals surface area contributed by atoms with Gasteiger partial charge in [-0.05, 0) is 18.2 Å². The summed E-state index contributed by atoms with van der Waals surface area (Å²) < 4.78 is 27.1. The molecule has 3 aliphatic heterocycles. The molecular weight excluding hydrogens is 469 g/mol. The second-order valence-electron chi connectivity index (χ2n) is 8.76. The first-order chi connectivity index (χ1) is 17.1. The Morgan fingerprint density at radius 1 is 1.06 bits per heavy atom. The van der Waals surface area contributed by atoms with Crippen LogP contribution in [0.1, 0.15) is 11.8 Å². The normalized spacial score (nSPS) is 29.2. The average molecular weight is 490 g/mol. The van der Waals surface area contributed by atoms with E-state index in [0.717, 1.165) is 20.8 Å². The summed E-state index contributed by atoms with van der Waals surface area (Å²) in [6, 6.07) is 16.4. The molecule has 10 nitrogen and oxygen atoms in total. The topological polar surface area (TPSA) is 127 Å². The first-order valence-electron chi connectivity index (χ1n) is 11.3. The fourth-order valence-electron chi connectivity index (χ4n) is 5.13. The van der Waals surface area contributed by atoms with Gasteiger partial charge in [-0.3, -0.25) is 4.57 Å². The van der Waals surface area contributed by atoms with Crippen LogP contribution in [0.15, 0.2) is 71.0 Å². The van der Waals surface area contributed by atoms with Gasteiger partial charge in [-0.25, -0.2) is 15.0 Å². The van der Waals surface area contributed by atoms with E-state index in [9.17, 15) is 5.11 Å². The van der Waals surface area contributed by atoms with Crippen molar-refractivity contribution < 1.29 is 23.8 Å². The lowest BCUT2D eigenvalue weighted by molar-refractivity contribution is -0.0673. The van der Waals surface area contributed by atoms with Gasteiger partial charge in [-0.15, -0.1) is 5.46 Å². The van der Waals surface area contributed by atoms with Crippen LogP contribution >= 0.6 is 11.8 Å². The average Bonchev–Trinajstić information content (AvgIpc) is 3.63. The van der Waals surface area contributed by atoms with E-state index < -0.39 is 31.3 Å². The van der Waals surface area contributed by atoms with E-state index in [1.807, 2.05) is 18.2 Å². The van der Waals surface area contributed by atoms with E-state index in [-0.39, 0.29) is 12.4 Å². The number of nitrogen functional groups attached to an aromatic ring is 1. The summed E-state index contributed by atoms with van der Waals surface area (Å²) in [7, 11) is 0. The van der Waals surface area contributed by atoms with Crippen molar-refractivity contribution in [2.24, 2.45) is 0 Å². The number of benzene rings is 2. The lowest BCUT2D eigenvalue weighted by Gasteiger charge is -2.34. The number of nitrogens with zero attached hydrogens (tertiary/aromatic N) is 4. The highest BCUT2D eigenvalue weighted by Gasteiger charge is 2.57. The monoisotopic (exact) mass is 490 g/mol. The molecule has 7 rings (SSSR count). The van der Waals surface area contributed by atoms with Crippen molar-refractivity contribution >= 4 is 41.0 Å².